The minimum Gasteiger partial charge on any atom is -0.465 e. The first-order valence-electron chi connectivity index (χ1n) is 9.43. The van der Waals surface area contributed by atoms with Gasteiger partial charge in [0.1, 0.15) is 12.6 Å². The number of aromatic nitrogens is 2. The highest BCUT2D eigenvalue weighted by atomic mass is 32.1. The quantitative estimate of drug-likeness (QED) is 0.342. The highest BCUT2D eigenvalue weighted by Crippen LogP contribution is 2.22. The van der Waals surface area contributed by atoms with E-state index in [0.717, 1.165) is 0 Å². The van der Waals surface area contributed by atoms with E-state index in [0.29, 0.717) is 17.8 Å². The molecule has 1 unspecified atom stereocenters. The van der Waals surface area contributed by atoms with E-state index < -0.39 is 23.5 Å². The molecule has 2 aromatic rings. The fourth-order valence-corrected chi connectivity index (χ4v) is 3.66. The van der Waals surface area contributed by atoms with Crippen LogP contribution in [0.3, 0.4) is 0 Å². The zero-order valence-electron chi connectivity index (χ0n) is 17.2. The van der Waals surface area contributed by atoms with Crippen molar-refractivity contribution in [2.45, 2.75) is 25.9 Å². The predicted octanol–water partition coefficient (Wildman–Crippen LogP) is -0.0746. The van der Waals surface area contributed by atoms with Crippen molar-refractivity contribution in [3.63, 3.8) is 0 Å². The van der Waals surface area contributed by atoms with E-state index >= 15 is 0 Å². The topological polar surface area (TPSA) is 129 Å². The van der Waals surface area contributed by atoms with Crippen molar-refractivity contribution in [2.24, 2.45) is 7.05 Å². The van der Waals surface area contributed by atoms with Crippen molar-refractivity contribution in [3.05, 3.63) is 45.9 Å². The van der Waals surface area contributed by atoms with Gasteiger partial charge >= 0.3 is 17.3 Å². The predicted molar refractivity (Wildman–Crippen MR) is 111 cm³/mol. The van der Waals surface area contributed by atoms with Crippen LogP contribution in [-0.2, 0) is 27.9 Å². The number of esters is 1. The number of nitrogens with one attached hydrogen (secondary N) is 2. The van der Waals surface area contributed by atoms with Gasteiger partial charge in [0.25, 0.3) is 5.91 Å². The van der Waals surface area contributed by atoms with E-state index in [1.54, 1.807) is 31.0 Å². The molecule has 1 saturated heterocycles. The first-order valence-corrected chi connectivity index (χ1v) is 9.84. The molecule has 0 spiro atoms. The second-order valence-electron chi connectivity index (χ2n) is 6.82. The molecular formula is C19H22N5O6S+. The summed E-state index contributed by atoms with van der Waals surface area (Å²) in [5.74, 6) is -1.22. The lowest BCUT2D eigenvalue weighted by Crippen LogP contribution is -2.44. The van der Waals surface area contributed by atoms with Crippen LogP contribution in [0.15, 0.2) is 33.6 Å². The Hall–Kier alpha value is -3.54. The molecule has 0 saturated carbocycles. The number of aromatic amines is 1. The number of carbonyl (C=O) groups is 3. The molecule has 2 N–H and O–H groups in total. The van der Waals surface area contributed by atoms with Crippen molar-refractivity contribution in [3.8, 4) is 0 Å². The third-order valence-corrected chi connectivity index (χ3v) is 5.38. The SMILES string of the molecule is CCN1C(=O)C(CC(=O)Nc2ccc(C(=O)OC)cc2)N(Cc2c(=O)o[nH][n+]2C)C1=S. The number of methoxy groups -OCH3 is 1. The number of hydrogen-bond acceptors (Lipinski definition) is 7. The summed E-state index contributed by atoms with van der Waals surface area (Å²) in [6.45, 7) is 2.13. The van der Waals surface area contributed by atoms with Gasteiger partial charge in [0, 0.05) is 12.2 Å². The van der Waals surface area contributed by atoms with Gasteiger partial charge in [-0.25, -0.2) is 9.59 Å². The van der Waals surface area contributed by atoms with Gasteiger partial charge < -0.3 is 15.0 Å². The maximum absolute atomic E-state index is 12.8. The summed E-state index contributed by atoms with van der Waals surface area (Å²) in [6, 6.07) is 5.30. The van der Waals surface area contributed by atoms with Crippen LogP contribution in [0.25, 0.3) is 0 Å². The van der Waals surface area contributed by atoms with Gasteiger partial charge in [-0.2, -0.15) is 0 Å². The van der Waals surface area contributed by atoms with Gasteiger partial charge in [0.15, 0.2) is 12.2 Å². The van der Waals surface area contributed by atoms with Crippen LogP contribution in [0, 0.1) is 0 Å². The molecule has 12 heteroatoms. The second kappa shape index (κ2) is 9.08. The van der Waals surface area contributed by atoms with Crippen molar-refractivity contribution >= 4 is 40.8 Å². The zero-order chi connectivity index (χ0) is 22.7. The van der Waals surface area contributed by atoms with Crippen LogP contribution >= 0.6 is 12.2 Å². The first kappa shape index (κ1) is 22.2. The number of rotatable bonds is 7. The number of ether oxygens (including phenoxy) is 1. The number of hydrogen-bond donors (Lipinski definition) is 2. The molecule has 1 aromatic carbocycles. The Morgan fingerprint density at radius 1 is 1.29 bits per heavy atom. The lowest BCUT2D eigenvalue weighted by Gasteiger charge is -2.21. The summed E-state index contributed by atoms with van der Waals surface area (Å²) in [6.07, 6.45) is -0.173. The van der Waals surface area contributed by atoms with Gasteiger partial charge in [-0.3, -0.25) is 19.0 Å². The third kappa shape index (κ3) is 4.48. The molecule has 31 heavy (non-hydrogen) atoms. The summed E-state index contributed by atoms with van der Waals surface area (Å²) in [5.41, 5.74) is 0.487. The fourth-order valence-electron chi connectivity index (χ4n) is 3.25. The average Bonchev–Trinajstić information content (AvgIpc) is 3.18. The zero-order valence-corrected chi connectivity index (χ0v) is 18.0. The van der Waals surface area contributed by atoms with E-state index in [4.69, 9.17) is 16.7 Å². The molecule has 1 fully saturated rings. The van der Waals surface area contributed by atoms with Crippen LogP contribution < -0.4 is 15.6 Å². The Balaban J connectivity index is 1.75. The Kier molecular flexibility index (Phi) is 6.49. The molecule has 1 atom stereocenters. The molecule has 1 aliphatic rings. The summed E-state index contributed by atoms with van der Waals surface area (Å²) in [7, 11) is 2.88. The Labute approximate surface area is 182 Å². The summed E-state index contributed by atoms with van der Waals surface area (Å²) >= 11 is 5.41. The minimum absolute atomic E-state index is 0.00911. The van der Waals surface area contributed by atoms with E-state index in [1.165, 1.54) is 28.8 Å². The van der Waals surface area contributed by atoms with Crippen molar-refractivity contribution in [1.82, 2.24) is 15.1 Å². The standard InChI is InChI=1S/C19H21N5O6S/c1-4-23-16(26)13(24(19(23)31)10-14-18(28)30-21-22(14)2)9-15(25)20-12-7-5-11(6-8-12)17(27)29-3/h5-8,13H,4,9-10H2,1-3H3,(H-,20,21,25,27,28)/p+1. The summed E-state index contributed by atoms with van der Waals surface area (Å²) in [4.78, 5) is 51.9. The first-order chi connectivity index (χ1) is 14.8. The van der Waals surface area contributed by atoms with Gasteiger partial charge in [-0.1, -0.05) is 4.68 Å². The number of likely N-dealkylation sites (N-methyl/N-ethyl adjacent to an activating group) is 1. The molecule has 3 rings (SSSR count). The summed E-state index contributed by atoms with van der Waals surface area (Å²) in [5, 5.41) is 5.36. The lowest BCUT2D eigenvalue weighted by atomic mass is 10.1. The molecule has 1 aromatic heterocycles. The summed E-state index contributed by atoms with van der Waals surface area (Å²) < 4.78 is 10.8. The third-order valence-electron chi connectivity index (χ3n) is 4.92. The van der Waals surface area contributed by atoms with E-state index in [-0.39, 0.29) is 29.7 Å². The number of benzene rings is 1. The molecule has 0 aliphatic carbocycles. The number of amides is 2. The molecular weight excluding hydrogens is 426 g/mol. The molecule has 2 heterocycles. The highest BCUT2D eigenvalue weighted by Gasteiger charge is 2.44. The van der Waals surface area contributed by atoms with E-state index in [2.05, 4.69) is 15.3 Å². The number of anilines is 1. The maximum Gasteiger partial charge on any atom is 0.431 e. The van der Waals surface area contributed by atoms with Gasteiger partial charge in [0.05, 0.1) is 19.1 Å². The van der Waals surface area contributed by atoms with Crippen LogP contribution in [0.4, 0.5) is 5.69 Å². The van der Waals surface area contributed by atoms with Crippen LogP contribution in [0.2, 0.25) is 0 Å². The van der Waals surface area contributed by atoms with Crippen molar-refractivity contribution in [1.29, 1.82) is 0 Å². The van der Waals surface area contributed by atoms with Gasteiger partial charge in [-0.15, -0.1) is 0 Å². The molecule has 11 nitrogen and oxygen atoms in total. The van der Waals surface area contributed by atoms with E-state index in [9.17, 15) is 19.2 Å². The van der Waals surface area contributed by atoms with Crippen LogP contribution in [-0.4, -0.2) is 57.7 Å². The Bertz CT molecular complexity index is 1080. The lowest BCUT2D eigenvalue weighted by molar-refractivity contribution is -0.746. The van der Waals surface area contributed by atoms with Crippen LogP contribution in [0.1, 0.15) is 29.4 Å². The number of nitrogens with zero attached hydrogens (tertiary/aromatic N) is 3. The Morgan fingerprint density at radius 3 is 2.52 bits per heavy atom. The van der Waals surface area contributed by atoms with E-state index in [1.807, 2.05) is 0 Å². The smallest absolute Gasteiger partial charge is 0.431 e. The molecule has 1 aliphatic heterocycles. The highest BCUT2D eigenvalue weighted by molar-refractivity contribution is 7.80. The molecule has 0 bridgehead atoms. The Morgan fingerprint density at radius 2 is 1.97 bits per heavy atom. The normalized spacial score (nSPS) is 16.0. The fraction of sp³-hybridized carbons (Fsp3) is 0.368. The van der Waals surface area contributed by atoms with Crippen LogP contribution in [0.5, 0.6) is 0 Å². The minimum atomic E-state index is -0.865. The van der Waals surface area contributed by atoms with Gasteiger partial charge in [-0.05, 0) is 48.7 Å². The van der Waals surface area contributed by atoms with Gasteiger partial charge in [0.2, 0.25) is 5.91 Å². The maximum atomic E-state index is 12.8. The molecule has 164 valence electrons. The largest absolute Gasteiger partial charge is 0.465 e. The molecule has 2 amide bonds. The average molecular weight is 448 g/mol. The number of aryl methyl sites for hydroxylation is 1. The monoisotopic (exact) mass is 448 g/mol. The number of carbonyl (C=O) groups excluding carboxylic acids is 3. The second-order valence-corrected chi connectivity index (χ2v) is 7.18. The number of H-pyrrole nitrogens is 1. The van der Waals surface area contributed by atoms with Crippen molar-refractivity contribution in [2.75, 3.05) is 19.0 Å². The molecule has 0 radical (unpaired) electrons. The number of thiocarbonyl (C=S) groups is 1. The van der Waals surface area contributed by atoms with Crippen molar-refractivity contribution < 1.29 is 28.3 Å².